The van der Waals surface area contributed by atoms with E-state index in [0.29, 0.717) is 12.5 Å². The van der Waals surface area contributed by atoms with Crippen LogP contribution in [0.25, 0.3) is 0 Å². The van der Waals surface area contributed by atoms with Gasteiger partial charge in [0, 0.05) is 19.0 Å². The molecule has 1 amide bonds. The highest BCUT2D eigenvalue weighted by Crippen LogP contribution is 2.07. The number of nitrogens with zero attached hydrogens (tertiary/aromatic N) is 1. The van der Waals surface area contributed by atoms with Crippen LogP contribution in [-0.2, 0) is 4.79 Å². The van der Waals surface area contributed by atoms with Crippen LogP contribution in [0.2, 0.25) is 0 Å². The molecular formula is C8H16N2O. The van der Waals surface area contributed by atoms with E-state index in [0.717, 1.165) is 19.4 Å². The smallest absolute Gasteiger partial charge is 0.238 e. The number of carbonyl (C=O) groups is 1. The largest absolute Gasteiger partial charge is 0.277 e. The number of β-lactam (4-membered cyclic amide) rings is 1. The van der Waals surface area contributed by atoms with Crippen molar-refractivity contribution >= 4 is 5.91 Å². The Labute approximate surface area is 67.7 Å². The average Bonchev–Trinajstić information content (AvgIpc) is 2.04. The Balaban J connectivity index is 2.22. The number of carbonyl (C=O) groups excluding carboxylic acids is 1. The summed E-state index contributed by atoms with van der Waals surface area (Å²) >= 11 is 0. The molecule has 1 N–H and O–H groups in total. The van der Waals surface area contributed by atoms with Crippen LogP contribution >= 0.6 is 0 Å². The van der Waals surface area contributed by atoms with Crippen LogP contribution in [0.15, 0.2) is 0 Å². The predicted molar refractivity (Wildman–Crippen MR) is 43.8 cm³/mol. The molecule has 0 aromatic carbocycles. The van der Waals surface area contributed by atoms with Crippen molar-refractivity contribution in [1.82, 2.24) is 10.4 Å². The third-order valence-electron chi connectivity index (χ3n) is 2.17. The van der Waals surface area contributed by atoms with Crippen molar-refractivity contribution in [1.29, 1.82) is 0 Å². The van der Waals surface area contributed by atoms with Gasteiger partial charge in [0.1, 0.15) is 0 Å². The van der Waals surface area contributed by atoms with Crippen molar-refractivity contribution in [2.75, 3.05) is 6.54 Å². The Morgan fingerprint density at radius 2 is 2.18 bits per heavy atom. The first-order valence-corrected chi connectivity index (χ1v) is 4.34. The van der Waals surface area contributed by atoms with Gasteiger partial charge in [0.05, 0.1) is 0 Å². The standard InChI is InChI=1S/C8H16N2O/c1-3-7(4-2)9-10-6-5-8(10)11/h7,9H,3-6H2,1-2H3. The van der Waals surface area contributed by atoms with E-state index in [-0.39, 0.29) is 5.91 Å². The van der Waals surface area contributed by atoms with Gasteiger partial charge >= 0.3 is 0 Å². The molecule has 1 aliphatic rings. The van der Waals surface area contributed by atoms with Gasteiger partial charge in [-0.15, -0.1) is 0 Å². The Bertz CT molecular complexity index is 143. The number of hydrazine groups is 1. The SMILES string of the molecule is CCC(CC)NN1CCC1=O. The van der Waals surface area contributed by atoms with Gasteiger partial charge in [-0.2, -0.15) is 0 Å². The van der Waals surface area contributed by atoms with Gasteiger partial charge in [0.25, 0.3) is 0 Å². The minimum absolute atomic E-state index is 0.233. The molecule has 0 saturated carbocycles. The number of rotatable bonds is 4. The van der Waals surface area contributed by atoms with Crippen LogP contribution in [0.5, 0.6) is 0 Å². The fraction of sp³-hybridized carbons (Fsp3) is 0.875. The molecule has 1 aliphatic heterocycles. The second kappa shape index (κ2) is 3.72. The molecule has 0 aromatic heterocycles. The van der Waals surface area contributed by atoms with Crippen LogP contribution in [-0.4, -0.2) is 23.5 Å². The van der Waals surface area contributed by atoms with E-state index in [2.05, 4.69) is 19.3 Å². The molecule has 1 fully saturated rings. The van der Waals surface area contributed by atoms with E-state index in [4.69, 9.17) is 0 Å². The van der Waals surface area contributed by atoms with E-state index < -0.39 is 0 Å². The van der Waals surface area contributed by atoms with Gasteiger partial charge in [-0.1, -0.05) is 13.8 Å². The lowest BCUT2D eigenvalue weighted by Crippen LogP contribution is -2.55. The quantitative estimate of drug-likeness (QED) is 0.614. The molecule has 0 aromatic rings. The highest BCUT2D eigenvalue weighted by Gasteiger charge is 2.24. The van der Waals surface area contributed by atoms with E-state index in [1.165, 1.54) is 0 Å². The number of hydrogen-bond acceptors (Lipinski definition) is 2. The topological polar surface area (TPSA) is 32.3 Å². The Kier molecular flexibility index (Phi) is 2.88. The van der Waals surface area contributed by atoms with Gasteiger partial charge in [-0.3, -0.25) is 9.80 Å². The predicted octanol–water partition coefficient (Wildman–Crippen LogP) is 0.912. The molecule has 1 saturated heterocycles. The zero-order valence-electron chi connectivity index (χ0n) is 7.26. The Morgan fingerprint density at radius 3 is 2.45 bits per heavy atom. The van der Waals surface area contributed by atoms with E-state index in [1.807, 2.05) is 0 Å². The fourth-order valence-corrected chi connectivity index (χ4v) is 1.14. The summed E-state index contributed by atoms with van der Waals surface area (Å²) in [4.78, 5) is 10.9. The maximum atomic E-state index is 10.9. The van der Waals surface area contributed by atoms with Gasteiger partial charge in [-0.25, -0.2) is 5.43 Å². The van der Waals surface area contributed by atoms with E-state index in [1.54, 1.807) is 5.01 Å². The fourth-order valence-electron chi connectivity index (χ4n) is 1.14. The molecule has 3 nitrogen and oxygen atoms in total. The highest BCUT2D eigenvalue weighted by atomic mass is 16.2. The molecule has 0 unspecified atom stereocenters. The third-order valence-corrected chi connectivity index (χ3v) is 2.17. The molecule has 1 rings (SSSR count). The van der Waals surface area contributed by atoms with Gasteiger partial charge < -0.3 is 0 Å². The van der Waals surface area contributed by atoms with Crippen LogP contribution in [0.3, 0.4) is 0 Å². The summed E-state index contributed by atoms with van der Waals surface area (Å²) < 4.78 is 0. The van der Waals surface area contributed by atoms with Gasteiger partial charge in [0.15, 0.2) is 0 Å². The van der Waals surface area contributed by atoms with E-state index in [9.17, 15) is 4.79 Å². The van der Waals surface area contributed by atoms with Crippen molar-refractivity contribution in [2.24, 2.45) is 0 Å². The number of hydrogen-bond donors (Lipinski definition) is 1. The summed E-state index contributed by atoms with van der Waals surface area (Å²) in [5, 5.41) is 1.72. The second-order valence-electron chi connectivity index (χ2n) is 2.94. The number of amides is 1. The zero-order valence-corrected chi connectivity index (χ0v) is 7.26. The van der Waals surface area contributed by atoms with Gasteiger partial charge in [-0.05, 0) is 12.8 Å². The molecule has 0 atom stereocenters. The minimum Gasteiger partial charge on any atom is -0.277 e. The lowest BCUT2D eigenvalue weighted by Gasteiger charge is -2.34. The monoisotopic (exact) mass is 156 g/mol. The summed E-state index contributed by atoms with van der Waals surface area (Å²) in [6.07, 6.45) is 2.88. The van der Waals surface area contributed by atoms with Gasteiger partial charge in [0.2, 0.25) is 5.91 Å². The molecule has 0 bridgehead atoms. The minimum atomic E-state index is 0.233. The lowest BCUT2D eigenvalue weighted by molar-refractivity contribution is -0.145. The van der Waals surface area contributed by atoms with Crippen LogP contribution < -0.4 is 5.43 Å². The molecule has 1 heterocycles. The first kappa shape index (κ1) is 8.53. The highest BCUT2D eigenvalue weighted by molar-refractivity contribution is 5.81. The first-order valence-electron chi connectivity index (χ1n) is 4.34. The number of nitrogens with one attached hydrogen (secondary N) is 1. The maximum absolute atomic E-state index is 10.9. The van der Waals surface area contributed by atoms with Crippen molar-refractivity contribution in [3.63, 3.8) is 0 Å². The van der Waals surface area contributed by atoms with Crippen molar-refractivity contribution in [3.8, 4) is 0 Å². The summed E-state index contributed by atoms with van der Waals surface area (Å²) in [5.41, 5.74) is 3.19. The summed E-state index contributed by atoms with van der Waals surface area (Å²) in [5.74, 6) is 0.233. The molecule has 0 aliphatic carbocycles. The Morgan fingerprint density at radius 1 is 1.55 bits per heavy atom. The van der Waals surface area contributed by atoms with E-state index >= 15 is 0 Å². The van der Waals surface area contributed by atoms with Crippen LogP contribution in [0.4, 0.5) is 0 Å². The summed E-state index contributed by atoms with van der Waals surface area (Å²) in [6, 6.07) is 0.472. The average molecular weight is 156 g/mol. The second-order valence-corrected chi connectivity index (χ2v) is 2.94. The first-order chi connectivity index (χ1) is 5.27. The van der Waals surface area contributed by atoms with Crippen molar-refractivity contribution in [3.05, 3.63) is 0 Å². The van der Waals surface area contributed by atoms with Crippen molar-refractivity contribution in [2.45, 2.75) is 39.2 Å². The molecule has 0 radical (unpaired) electrons. The lowest BCUT2D eigenvalue weighted by atomic mass is 10.2. The summed E-state index contributed by atoms with van der Waals surface area (Å²) in [7, 11) is 0. The van der Waals surface area contributed by atoms with Crippen LogP contribution in [0, 0.1) is 0 Å². The molecule has 3 heteroatoms. The molecule has 0 spiro atoms. The van der Waals surface area contributed by atoms with Crippen molar-refractivity contribution < 1.29 is 4.79 Å². The maximum Gasteiger partial charge on any atom is 0.238 e. The normalized spacial score (nSPS) is 17.4. The molecule has 64 valence electrons. The molecular weight excluding hydrogens is 140 g/mol. The third kappa shape index (κ3) is 1.93. The Hall–Kier alpha value is -0.570. The summed E-state index contributed by atoms with van der Waals surface area (Å²) in [6.45, 7) is 5.15. The molecule has 11 heavy (non-hydrogen) atoms. The van der Waals surface area contributed by atoms with Crippen LogP contribution in [0.1, 0.15) is 33.1 Å². The zero-order chi connectivity index (χ0) is 8.27.